The van der Waals surface area contributed by atoms with Crippen molar-refractivity contribution in [3.63, 3.8) is 0 Å². The van der Waals surface area contributed by atoms with E-state index in [1.165, 1.54) is 6.07 Å². The quantitative estimate of drug-likeness (QED) is 0.832. The van der Waals surface area contributed by atoms with Gasteiger partial charge in [-0.2, -0.15) is 0 Å². The molecule has 0 aliphatic rings. The lowest BCUT2D eigenvalue weighted by Gasteiger charge is -2.22. The number of hydrogen-bond donors (Lipinski definition) is 1. The fourth-order valence-corrected chi connectivity index (χ4v) is 1.82. The van der Waals surface area contributed by atoms with Crippen molar-refractivity contribution >= 4 is 0 Å². The zero-order chi connectivity index (χ0) is 12.1. The van der Waals surface area contributed by atoms with Gasteiger partial charge in [0.15, 0.2) is 0 Å². The summed E-state index contributed by atoms with van der Waals surface area (Å²) in [6, 6.07) is 5.03. The molecule has 16 heavy (non-hydrogen) atoms. The summed E-state index contributed by atoms with van der Waals surface area (Å²) in [4.78, 5) is 0. The lowest BCUT2D eigenvalue weighted by atomic mass is 9.97. The van der Waals surface area contributed by atoms with Crippen LogP contribution in [0.1, 0.15) is 30.5 Å². The van der Waals surface area contributed by atoms with Gasteiger partial charge in [0.05, 0.1) is 6.10 Å². The van der Waals surface area contributed by atoms with E-state index in [4.69, 9.17) is 4.74 Å². The molecule has 0 bridgehead atoms. The Morgan fingerprint density at radius 2 is 2.12 bits per heavy atom. The first-order valence-electron chi connectivity index (χ1n) is 5.54. The minimum Gasteiger partial charge on any atom is -0.382 e. The Bertz CT molecular complexity index is 341. The molecular formula is C13H20FNO. The van der Waals surface area contributed by atoms with Crippen LogP contribution in [-0.4, -0.2) is 20.3 Å². The second-order valence-electron chi connectivity index (χ2n) is 4.12. The van der Waals surface area contributed by atoms with Crippen molar-refractivity contribution < 1.29 is 9.13 Å². The molecule has 0 aliphatic carbocycles. The van der Waals surface area contributed by atoms with Crippen LogP contribution in [-0.2, 0) is 4.74 Å². The molecular weight excluding hydrogens is 205 g/mol. The van der Waals surface area contributed by atoms with Crippen LogP contribution in [0.2, 0.25) is 0 Å². The fraction of sp³-hybridized carbons (Fsp3) is 0.538. The molecule has 1 aromatic carbocycles. The Balaban J connectivity index is 2.89. The summed E-state index contributed by atoms with van der Waals surface area (Å²) >= 11 is 0. The van der Waals surface area contributed by atoms with Gasteiger partial charge in [-0.15, -0.1) is 0 Å². The average Bonchev–Trinajstić information content (AvgIpc) is 2.29. The van der Waals surface area contributed by atoms with Crippen molar-refractivity contribution in [2.45, 2.75) is 32.4 Å². The van der Waals surface area contributed by atoms with Crippen LogP contribution < -0.4 is 5.32 Å². The summed E-state index contributed by atoms with van der Waals surface area (Å²) < 4.78 is 18.4. The molecule has 1 N–H and O–H groups in total. The molecule has 2 atom stereocenters. The van der Waals surface area contributed by atoms with Crippen LogP contribution in [0.5, 0.6) is 0 Å². The van der Waals surface area contributed by atoms with Gasteiger partial charge in [0.25, 0.3) is 0 Å². The van der Waals surface area contributed by atoms with E-state index in [1.807, 2.05) is 27.0 Å². The first kappa shape index (κ1) is 13.1. The second-order valence-corrected chi connectivity index (χ2v) is 4.12. The molecule has 1 rings (SSSR count). The van der Waals surface area contributed by atoms with E-state index in [1.54, 1.807) is 13.2 Å². The van der Waals surface area contributed by atoms with E-state index >= 15 is 0 Å². The maximum atomic E-state index is 13.2. The molecule has 2 nitrogen and oxygen atoms in total. The highest BCUT2D eigenvalue weighted by Gasteiger charge is 2.15. The Morgan fingerprint density at radius 3 is 2.69 bits per heavy atom. The number of aryl methyl sites for hydroxylation is 1. The summed E-state index contributed by atoms with van der Waals surface area (Å²) in [6.45, 7) is 4.01. The summed E-state index contributed by atoms with van der Waals surface area (Å²) in [6.07, 6.45) is 0.984. The molecule has 0 radical (unpaired) electrons. The van der Waals surface area contributed by atoms with Gasteiger partial charge in [-0.25, -0.2) is 4.39 Å². The number of benzene rings is 1. The van der Waals surface area contributed by atoms with Crippen molar-refractivity contribution in [1.29, 1.82) is 0 Å². The number of rotatable bonds is 5. The van der Waals surface area contributed by atoms with Gasteiger partial charge in [0.2, 0.25) is 0 Å². The van der Waals surface area contributed by atoms with Gasteiger partial charge in [0.1, 0.15) is 5.82 Å². The molecule has 0 aromatic heterocycles. The summed E-state index contributed by atoms with van der Waals surface area (Å²) in [7, 11) is 3.58. The third-order valence-electron chi connectivity index (χ3n) is 2.94. The highest BCUT2D eigenvalue weighted by atomic mass is 19.1. The first-order chi connectivity index (χ1) is 7.58. The van der Waals surface area contributed by atoms with Gasteiger partial charge < -0.3 is 10.1 Å². The average molecular weight is 225 g/mol. The number of halogens is 1. The van der Waals surface area contributed by atoms with Crippen LogP contribution >= 0.6 is 0 Å². The van der Waals surface area contributed by atoms with Gasteiger partial charge in [-0.05, 0) is 50.6 Å². The molecule has 0 saturated carbocycles. The van der Waals surface area contributed by atoms with Crippen LogP contribution in [0, 0.1) is 12.7 Å². The molecule has 2 unspecified atom stereocenters. The molecule has 0 aliphatic heterocycles. The van der Waals surface area contributed by atoms with E-state index in [0.717, 1.165) is 17.5 Å². The van der Waals surface area contributed by atoms with E-state index in [2.05, 4.69) is 5.32 Å². The topological polar surface area (TPSA) is 21.3 Å². The Hall–Kier alpha value is -0.930. The smallest absolute Gasteiger partial charge is 0.123 e. The molecule has 0 spiro atoms. The van der Waals surface area contributed by atoms with Crippen LogP contribution in [0.15, 0.2) is 18.2 Å². The standard InChI is InChI=1S/C13H20FNO/c1-9-5-6-11(14)8-12(9)13(15-3)7-10(2)16-4/h5-6,8,10,13,15H,7H2,1-4H3. The van der Waals surface area contributed by atoms with E-state index in [-0.39, 0.29) is 18.0 Å². The predicted octanol–water partition coefficient (Wildman–Crippen LogP) is 2.82. The van der Waals surface area contributed by atoms with E-state index in [9.17, 15) is 4.39 Å². The minimum atomic E-state index is -0.189. The zero-order valence-corrected chi connectivity index (χ0v) is 10.4. The minimum absolute atomic E-state index is 0.130. The SMILES string of the molecule is CNC(CC(C)OC)c1cc(F)ccc1C. The van der Waals surface area contributed by atoms with Gasteiger partial charge >= 0.3 is 0 Å². The number of ether oxygens (including phenoxy) is 1. The Kier molecular flexibility index (Phi) is 4.90. The monoisotopic (exact) mass is 225 g/mol. The fourth-order valence-electron chi connectivity index (χ4n) is 1.82. The van der Waals surface area contributed by atoms with Gasteiger partial charge in [0, 0.05) is 13.2 Å². The van der Waals surface area contributed by atoms with Gasteiger partial charge in [-0.3, -0.25) is 0 Å². The van der Waals surface area contributed by atoms with Crippen LogP contribution in [0.25, 0.3) is 0 Å². The molecule has 3 heteroatoms. The van der Waals surface area contributed by atoms with Crippen molar-refractivity contribution in [3.05, 3.63) is 35.1 Å². The summed E-state index contributed by atoms with van der Waals surface area (Å²) in [5, 5.41) is 3.20. The van der Waals surface area contributed by atoms with E-state index in [0.29, 0.717) is 0 Å². The van der Waals surface area contributed by atoms with E-state index < -0.39 is 0 Å². The lowest BCUT2D eigenvalue weighted by Crippen LogP contribution is -2.22. The Morgan fingerprint density at radius 1 is 1.44 bits per heavy atom. The molecule has 0 saturated heterocycles. The van der Waals surface area contributed by atoms with Crippen molar-refractivity contribution in [2.24, 2.45) is 0 Å². The van der Waals surface area contributed by atoms with Crippen molar-refractivity contribution in [3.8, 4) is 0 Å². The molecule has 1 aromatic rings. The van der Waals surface area contributed by atoms with Crippen molar-refractivity contribution in [1.82, 2.24) is 5.32 Å². The molecule has 0 heterocycles. The second kappa shape index (κ2) is 5.97. The zero-order valence-electron chi connectivity index (χ0n) is 10.4. The highest BCUT2D eigenvalue weighted by Crippen LogP contribution is 2.23. The lowest BCUT2D eigenvalue weighted by molar-refractivity contribution is 0.101. The number of methoxy groups -OCH3 is 1. The third kappa shape index (κ3) is 3.29. The first-order valence-corrected chi connectivity index (χ1v) is 5.54. The number of nitrogens with one attached hydrogen (secondary N) is 1. The maximum Gasteiger partial charge on any atom is 0.123 e. The molecule has 0 fully saturated rings. The van der Waals surface area contributed by atoms with Crippen molar-refractivity contribution in [2.75, 3.05) is 14.2 Å². The number of hydrogen-bond acceptors (Lipinski definition) is 2. The summed E-state index contributed by atoms with van der Waals surface area (Å²) in [5.74, 6) is -0.189. The predicted molar refractivity (Wildman–Crippen MR) is 64.0 cm³/mol. The molecule has 90 valence electrons. The maximum absolute atomic E-state index is 13.2. The third-order valence-corrected chi connectivity index (χ3v) is 2.94. The largest absolute Gasteiger partial charge is 0.382 e. The van der Waals surface area contributed by atoms with Crippen LogP contribution in [0.3, 0.4) is 0 Å². The summed E-state index contributed by atoms with van der Waals surface area (Å²) in [5.41, 5.74) is 2.11. The Labute approximate surface area is 96.8 Å². The molecule has 0 amide bonds. The van der Waals surface area contributed by atoms with Crippen LogP contribution in [0.4, 0.5) is 4.39 Å². The normalized spacial score (nSPS) is 14.8. The highest BCUT2D eigenvalue weighted by molar-refractivity contribution is 5.29. The van der Waals surface area contributed by atoms with Gasteiger partial charge in [-0.1, -0.05) is 6.07 Å².